The summed E-state index contributed by atoms with van der Waals surface area (Å²) in [5.74, 6) is 0.711. The molecule has 1 fully saturated rings. The minimum Gasteiger partial charge on any atom is -0.378 e. The Morgan fingerprint density at radius 1 is 1.19 bits per heavy atom. The highest BCUT2D eigenvalue weighted by Crippen LogP contribution is 2.34. The number of anilines is 1. The molecule has 0 radical (unpaired) electrons. The third kappa shape index (κ3) is 4.21. The number of benzene rings is 1. The summed E-state index contributed by atoms with van der Waals surface area (Å²) in [4.78, 5) is 4.72. The number of likely N-dealkylation sites (tertiary alicyclic amines) is 1. The predicted molar refractivity (Wildman–Crippen MR) is 92.0 cm³/mol. The summed E-state index contributed by atoms with van der Waals surface area (Å²) in [5, 5.41) is 3.56. The van der Waals surface area contributed by atoms with Gasteiger partial charge in [0.25, 0.3) is 0 Å². The molecule has 0 bridgehead atoms. The molecule has 2 atom stereocenters. The van der Waals surface area contributed by atoms with Crippen molar-refractivity contribution in [2.24, 2.45) is 5.92 Å². The fourth-order valence-electron chi connectivity index (χ4n) is 3.46. The van der Waals surface area contributed by atoms with E-state index >= 15 is 0 Å². The summed E-state index contributed by atoms with van der Waals surface area (Å²) >= 11 is 0. The summed E-state index contributed by atoms with van der Waals surface area (Å²) in [6.07, 6.45) is 4.01. The van der Waals surface area contributed by atoms with Crippen LogP contribution in [0.15, 0.2) is 24.3 Å². The number of nitrogens with zero attached hydrogens (tertiary/aromatic N) is 2. The first-order valence-corrected chi connectivity index (χ1v) is 8.31. The lowest BCUT2D eigenvalue weighted by Gasteiger charge is -2.33. The molecule has 2 unspecified atom stereocenters. The Labute approximate surface area is 130 Å². The standard InChI is InChI=1S/C18H31N3/c1-5-19-14-16-8-6-7-13-21(4)18(16)15-9-11-17(12-10-15)20(2)3/h9-12,16,18-19H,5-8,13-14H2,1-4H3. The highest BCUT2D eigenvalue weighted by Gasteiger charge is 2.28. The van der Waals surface area contributed by atoms with Crippen LogP contribution < -0.4 is 10.2 Å². The monoisotopic (exact) mass is 289 g/mol. The summed E-state index contributed by atoms with van der Waals surface area (Å²) in [5.41, 5.74) is 2.74. The van der Waals surface area contributed by atoms with Gasteiger partial charge in [0.05, 0.1) is 0 Å². The minimum absolute atomic E-state index is 0.544. The van der Waals surface area contributed by atoms with Gasteiger partial charge in [-0.2, -0.15) is 0 Å². The molecule has 0 saturated carbocycles. The summed E-state index contributed by atoms with van der Waals surface area (Å²) in [6, 6.07) is 9.68. The topological polar surface area (TPSA) is 18.5 Å². The van der Waals surface area contributed by atoms with E-state index in [1.807, 2.05) is 0 Å². The molecule has 1 N–H and O–H groups in total. The van der Waals surface area contributed by atoms with E-state index in [0.717, 1.165) is 13.1 Å². The average molecular weight is 289 g/mol. The van der Waals surface area contributed by atoms with E-state index in [4.69, 9.17) is 0 Å². The lowest BCUT2D eigenvalue weighted by atomic mass is 9.89. The summed E-state index contributed by atoms with van der Waals surface area (Å²) in [7, 11) is 6.48. The fourth-order valence-corrected chi connectivity index (χ4v) is 3.46. The molecule has 0 amide bonds. The van der Waals surface area contributed by atoms with Crippen molar-refractivity contribution in [2.75, 3.05) is 45.7 Å². The van der Waals surface area contributed by atoms with Gasteiger partial charge in [-0.3, -0.25) is 4.90 Å². The van der Waals surface area contributed by atoms with Gasteiger partial charge in [0.2, 0.25) is 0 Å². The van der Waals surface area contributed by atoms with Gasteiger partial charge in [-0.1, -0.05) is 25.5 Å². The smallest absolute Gasteiger partial charge is 0.0385 e. The lowest BCUT2D eigenvalue weighted by Crippen LogP contribution is -2.34. The van der Waals surface area contributed by atoms with Gasteiger partial charge in [-0.25, -0.2) is 0 Å². The van der Waals surface area contributed by atoms with E-state index < -0.39 is 0 Å². The molecule has 1 heterocycles. The van der Waals surface area contributed by atoms with Crippen LogP contribution in [0.3, 0.4) is 0 Å². The van der Waals surface area contributed by atoms with Crippen LogP contribution in [0.4, 0.5) is 5.69 Å². The second kappa shape index (κ2) is 7.81. The van der Waals surface area contributed by atoms with Crippen molar-refractivity contribution >= 4 is 5.69 Å². The third-order valence-corrected chi connectivity index (χ3v) is 4.66. The quantitative estimate of drug-likeness (QED) is 0.898. The molecule has 118 valence electrons. The van der Waals surface area contributed by atoms with Crippen LogP contribution in [0.2, 0.25) is 0 Å². The van der Waals surface area contributed by atoms with Gasteiger partial charge in [0.15, 0.2) is 0 Å². The Bertz CT molecular complexity index is 413. The number of hydrogen-bond acceptors (Lipinski definition) is 3. The molecule has 21 heavy (non-hydrogen) atoms. The van der Waals surface area contributed by atoms with Gasteiger partial charge in [0, 0.05) is 25.8 Å². The summed E-state index contributed by atoms with van der Waals surface area (Å²) < 4.78 is 0. The van der Waals surface area contributed by atoms with E-state index in [1.54, 1.807) is 0 Å². The lowest BCUT2D eigenvalue weighted by molar-refractivity contribution is 0.189. The van der Waals surface area contributed by atoms with Crippen molar-refractivity contribution in [3.05, 3.63) is 29.8 Å². The van der Waals surface area contributed by atoms with E-state index in [2.05, 4.69) is 67.4 Å². The molecule has 3 nitrogen and oxygen atoms in total. The Balaban J connectivity index is 2.20. The maximum atomic E-state index is 3.56. The second-order valence-corrected chi connectivity index (χ2v) is 6.47. The molecule has 0 aliphatic carbocycles. The molecule has 3 heteroatoms. The van der Waals surface area contributed by atoms with Crippen LogP contribution in [-0.2, 0) is 0 Å². The third-order valence-electron chi connectivity index (χ3n) is 4.66. The van der Waals surface area contributed by atoms with Crippen LogP contribution in [0, 0.1) is 5.92 Å². The average Bonchev–Trinajstić information content (AvgIpc) is 2.66. The minimum atomic E-state index is 0.544. The first-order chi connectivity index (χ1) is 10.1. The number of hydrogen-bond donors (Lipinski definition) is 1. The highest BCUT2D eigenvalue weighted by molar-refractivity contribution is 5.46. The molecule has 2 rings (SSSR count). The maximum Gasteiger partial charge on any atom is 0.0385 e. The normalized spacial score (nSPS) is 23.8. The Morgan fingerprint density at radius 3 is 2.52 bits per heavy atom. The van der Waals surface area contributed by atoms with Gasteiger partial charge >= 0.3 is 0 Å². The predicted octanol–water partition coefficient (Wildman–Crippen LogP) is 3.14. The maximum absolute atomic E-state index is 3.56. The van der Waals surface area contributed by atoms with Crippen LogP contribution >= 0.6 is 0 Å². The zero-order chi connectivity index (χ0) is 15.2. The SMILES string of the molecule is CCNCC1CCCCN(C)C1c1ccc(N(C)C)cc1. The van der Waals surface area contributed by atoms with Crippen molar-refractivity contribution in [1.82, 2.24) is 10.2 Å². The largest absolute Gasteiger partial charge is 0.378 e. The molecule has 0 aromatic heterocycles. The van der Waals surface area contributed by atoms with E-state index in [9.17, 15) is 0 Å². The molecule has 0 spiro atoms. The molecule has 1 aromatic rings. The Morgan fingerprint density at radius 2 is 1.90 bits per heavy atom. The van der Waals surface area contributed by atoms with Crippen molar-refractivity contribution in [3.8, 4) is 0 Å². The molecule has 1 saturated heterocycles. The zero-order valence-electron chi connectivity index (χ0n) is 14.1. The van der Waals surface area contributed by atoms with Crippen molar-refractivity contribution < 1.29 is 0 Å². The van der Waals surface area contributed by atoms with Gasteiger partial charge in [0.1, 0.15) is 0 Å². The summed E-state index contributed by atoms with van der Waals surface area (Å²) in [6.45, 7) is 5.59. The van der Waals surface area contributed by atoms with Gasteiger partial charge < -0.3 is 10.2 Å². The molecular weight excluding hydrogens is 258 g/mol. The van der Waals surface area contributed by atoms with Crippen molar-refractivity contribution in [2.45, 2.75) is 32.2 Å². The van der Waals surface area contributed by atoms with Gasteiger partial charge in [-0.05, 0) is 63.1 Å². The van der Waals surface area contributed by atoms with Crippen LogP contribution in [0.1, 0.15) is 37.8 Å². The molecule has 1 aliphatic heterocycles. The fraction of sp³-hybridized carbons (Fsp3) is 0.667. The van der Waals surface area contributed by atoms with Crippen LogP contribution in [0.25, 0.3) is 0 Å². The molecule has 1 aliphatic rings. The number of nitrogens with one attached hydrogen (secondary N) is 1. The van der Waals surface area contributed by atoms with Gasteiger partial charge in [-0.15, -0.1) is 0 Å². The van der Waals surface area contributed by atoms with Crippen LogP contribution in [-0.4, -0.2) is 45.7 Å². The van der Waals surface area contributed by atoms with Crippen LogP contribution in [0.5, 0.6) is 0 Å². The Hall–Kier alpha value is -1.06. The van der Waals surface area contributed by atoms with Crippen molar-refractivity contribution in [1.29, 1.82) is 0 Å². The second-order valence-electron chi connectivity index (χ2n) is 6.47. The zero-order valence-corrected chi connectivity index (χ0v) is 14.1. The van der Waals surface area contributed by atoms with E-state index in [1.165, 1.54) is 37.1 Å². The van der Waals surface area contributed by atoms with Crippen molar-refractivity contribution in [3.63, 3.8) is 0 Å². The first-order valence-electron chi connectivity index (χ1n) is 8.31. The van der Waals surface area contributed by atoms with E-state index in [0.29, 0.717) is 12.0 Å². The Kier molecular flexibility index (Phi) is 6.07. The molecule has 1 aromatic carbocycles. The number of rotatable bonds is 5. The highest BCUT2D eigenvalue weighted by atomic mass is 15.1. The van der Waals surface area contributed by atoms with E-state index in [-0.39, 0.29) is 0 Å². The first kappa shape index (κ1) is 16.3. The molecular formula is C18H31N3.